The minimum absolute atomic E-state index is 0.196. The Labute approximate surface area is 282 Å². The molecule has 0 bridgehead atoms. The number of likely N-dealkylation sites (N-methyl/N-ethyl adjacent to an activating group) is 1. The molecule has 7 rings (SSSR count). The molecule has 1 saturated heterocycles. The molecular formula is C38H43N7O3. The van der Waals surface area contributed by atoms with Crippen molar-refractivity contribution in [2.24, 2.45) is 0 Å². The van der Waals surface area contributed by atoms with Gasteiger partial charge in [-0.05, 0) is 56.8 Å². The Morgan fingerprint density at radius 3 is 2.54 bits per heavy atom. The summed E-state index contributed by atoms with van der Waals surface area (Å²) in [7, 11) is 4.15. The van der Waals surface area contributed by atoms with Crippen LogP contribution < -0.4 is 14.5 Å². The van der Waals surface area contributed by atoms with Crippen LogP contribution in [-0.2, 0) is 24.3 Å². The minimum Gasteiger partial charge on any atom is -0.455 e. The van der Waals surface area contributed by atoms with E-state index in [1.807, 2.05) is 30.3 Å². The summed E-state index contributed by atoms with van der Waals surface area (Å²) in [6, 6.07) is 27.0. The summed E-state index contributed by atoms with van der Waals surface area (Å²) in [4.78, 5) is 32.0. The molecule has 0 spiro atoms. The Balaban J connectivity index is 1.18. The molecule has 248 valence electrons. The van der Waals surface area contributed by atoms with Gasteiger partial charge < -0.3 is 29.1 Å². The third-order valence-corrected chi connectivity index (χ3v) is 9.86. The van der Waals surface area contributed by atoms with Crippen molar-refractivity contribution in [3.05, 3.63) is 89.6 Å². The Morgan fingerprint density at radius 1 is 0.979 bits per heavy atom. The highest BCUT2D eigenvalue weighted by atomic mass is 16.6. The van der Waals surface area contributed by atoms with E-state index in [2.05, 4.69) is 77.3 Å². The van der Waals surface area contributed by atoms with E-state index in [9.17, 15) is 10.1 Å². The number of benzene rings is 3. The molecule has 1 aromatic heterocycles. The van der Waals surface area contributed by atoms with E-state index >= 15 is 0 Å². The van der Waals surface area contributed by atoms with E-state index in [0.717, 1.165) is 61.4 Å². The maximum atomic E-state index is 13.3. The Morgan fingerprint density at radius 2 is 1.77 bits per heavy atom. The van der Waals surface area contributed by atoms with Gasteiger partial charge in [-0.3, -0.25) is 0 Å². The number of fused-ring (bicyclic) bond motifs is 2. The lowest BCUT2D eigenvalue weighted by atomic mass is 9.79. The van der Waals surface area contributed by atoms with Gasteiger partial charge in [-0.1, -0.05) is 66.7 Å². The Kier molecular flexibility index (Phi) is 9.04. The summed E-state index contributed by atoms with van der Waals surface area (Å²) in [6.07, 6.45) is 3.65. The molecule has 3 aromatic carbocycles. The zero-order valence-electron chi connectivity index (χ0n) is 27.8. The molecule has 1 saturated carbocycles. The lowest BCUT2D eigenvalue weighted by Gasteiger charge is -2.44. The molecule has 4 aromatic rings. The molecule has 1 atom stereocenters. The second-order valence-electron chi connectivity index (χ2n) is 13.5. The lowest BCUT2D eigenvalue weighted by molar-refractivity contribution is -0.0334. The number of anilines is 2. The standard InChI is InChI=1S/C38H43N7O3/c1-42(2)27-38(18-9-19-38)48-36-40-33-25-43(34-15-8-13-29-12-6-7-14-31(29)34)21-17-32(33)35(41-36)44-22-23-45(30(24-44)16-20-39)37(46)47-26-28-10-4-3-5-11-28/h3-8,10-15,30H,9,16-19,21-27H2,1-2H3/t30-/m0/s1. The zero-order chi connectivity index (χ0) is 33.1. The van der Waals surface area contributed by atoms with Crippen LogP contribution in [0.1, 0.15) is 42.5 Å². The molecule has 0 unspecified atom stereocenters. The van der Waals surface area contributed by atoms with Gasteiger partial charge in [-0.2, -0.15) is 15.2 Å². The van der Waals surface area contributed by atoms with Gasteiger partial charge in [0.2, 0.25) is 0 Å². The van der Waals surface area contributed by atoms with Crippen molar-refractivity contribution in [3.8, 4) is 12.1 Å². The molecule has 10 nitrogen and oxygen atoms in total. The number of aromatic nitrogens is 2. The monoisotopic (exact) mass is 645 g/mol. The number of nitriles is 1. The molecule has 3 heterocycles. The fourth-order valence-corrected chi connectivity index (χ4v) is 7.39. The van der Waals surface area contributed by atoms with Crippen LogP contribution >= 0.6 is 0 Å². The number of carbonyl (C=O) groups excluding carboxylic acids is 1. The van der Waals surface area contributed by atoms with E-state index < -0.39 is 6.09 Å². The number of piperazine rings is 1. The van der Waals surface area contributed by atoms with Crippen LogP contribution in [-0.4, -0.2) is 84.3 Å². The van der Waals surface area contributed by atoms with Crippen molar-refractivity contribution in [1.82, 2.24) is 19.8 Å². The molecule has 3 aliphatic rings. The number of ether oxygens (including phenoxy) is 2. The first-order valence-corrected chi connectivity index (χ1v) is 17.0. The molecule has 10 heteroatoms. The number of hydrogen-bond acceptors (Lipinski definition) is 9. The molecule has 0 radical (unpaired) electrons. The van der Waals surface area contributed by atoms with Crippen LogP contribution in [0.5, 0.6) is 6.01 Å². The van der Waals surface area contributed by atoms with Crippen LogP contribution in [0.3, 0.4) is 0 Å². The molecule has 1 aliphatic carbocycles. The second-order valence-corrected chi connectivity index (χ2v) is 13.5. The smallest absolute Gasteiger partial charge is 0.410 e. The molecule has 2 fully saturated rings. The first-order valence-electron chi connectivity index (χ1n) is 17.0. The average Bonchev–Trinajstić information content (AvgIpc) is 3.09. The fraction of sp³-hybridized carbons (Fsp3) is 0.421. The maximum absolute atomic E-state index is 13.3. The predicted molar refractivity (Wildman–Crippen MR) is 186 cm³/mol. The van der Waals surface area contributed by atoms with E-state index in [-0.39, 0.29) is 24.7 Å². The lowest BCUT2D eigenvalue weighted by Crippen LogP contribution is -2.56. The number of rotatable bonds is 9. The van der Waals surface area contributed by atoms with Gasteiger partial charge in [0.05, 0.1) is 30.8 Å². The second kappa shape index (κ2) is 13.7. The number of hydrogen-bond donors (Lipinski definition) is 0. The topological polar surface area (TPSA) is 98.1 Å². The first kappa shape index (κ1) is 31.7. The number of amides is 1. The predicted octanol–water partition coefficient (Wildman–Crippen LogP) is 5.80. The van der Waals surface area contributed by atoms with E-state index in [1.54, 1.807) is 4.90 Å². The maximum Gasteiger partial charge on any atom is 0.410 e. The van der Waals surface area contributed by atoms with Gasteiger partial charge in [-0.25, -0.2) is 4.79 Å². The highest BCUT2D eigenvalue weighted by Gasteiger charge is 2.42. The molecule has 1 amide bonds. The summed E-state index contributed by atoms with van der Waals surface area (Å²) < 4.78 is 12.4. The van der Waals surface area contributed by atoms with Crippen molar-refractivity contribution in [2.75, 3.05) is 56.6 Å². The van der Waals surface area contributed by atoms with Crippen LogP contribution in [0.25, 0.3) is 10.8 Å². The number of carbonyl (C=O) groups is 1. The fourth-order valence-electron chi connectivity index (χ4n) is 7.39. The van der Waals surface area contributed by atoms with E-state index in [1.165, 1.54) is 16.5 Å². The quantitative estimate of drug-likeness (QED) is 0.224. The van der Waals surface area contributed by atoms with Gasteiger partial charge in [0.1, 0.15) is 18.0 Å². The van der Waals surface area contributed by atoms with Crippen LogP contribution in [0.2, 0.25) is 0 Å². The van der Waals surface area contributed by atoms with Gasteiger partial charge >= 0.3 is 12.1 Å². The SMILES string of the molecule is CN(C)CC1(Oc2nc3c(c(N4CCN(C(=O)OCc5ccccc5)[C@@H](CC#N)C4)n2)CCN(c2cccc4ccccc24)C3)CCC1. The summed E-state index contributed by atoms with van der Waals surface area (Å²) in [5.41, 5.74) is 3.91. The zero-order valence-corrected chi connectivity index (χ0v) is 27.8. The average molecular weight is 646 g/mol. The van der Waals surface area contributed by atoms with Crippen LogP contribution in [0.15, 0.2) is 72.8 Å². The van der Waals surface area contributed by atoms with Crippen LogP contribution in [0.4, 0.5) is 16.3 Å². The van der Waals surface area contributed by atoms with Crippen molar-refractivity contribution in [3.63, 3.8) is 0 Å². The van der Waals surface area contributed by atoms with Gasteiger partial charge in [0, 0.05) is 49.4 Å². The summed E-state index contributed by atoms with van der Waals surface area (Å²) in [5.74, 6) is 0.854. The summed E-state index contributed by atoms with van der Waals surface area (Å²) in [6.45, 7) is 3.95. The van der Waals surface area contributed by atoms with Crippen molar-refractivity contribution in [1.29, 1.82) is 5.26 Å². The first-order chi connectivity index (χ1) is 23.4. The van der Waals surface area contributed by atoms with Gasteiger partial charge in [0.15, 0.2) is 0 Å². The summed E-state index contributed by atoms with van der Waals surface area (Å²) in [5, 5.41) is 12.2. The van der Waals surface area contributed by atoms with Crippen molar-refractivity contribution in [2.45, 2.75) is 56.9 Å². The highest BCUT2D eigenvalue weighted by molar-refractivity contribution is 5.94. The molecular weight excluding hydrogens is 602 g/mol. The van der Waals surface area contributed by atoms with E-state index in [4.69, 9.17) is 19.4 Å². The van der Waals surface area contributed by atoms with Gasteiger partial charge in [0.25, 0.3) is 0 Å². The highest BCUT2D eigenvalue weighted by Crippen LogP contribution is 2.39. The Hall–Kier alpha value is -4.88. The van der Waals surface area contributed by atoms with Crippen molar-refractivity contribution < 1.29 is 14.3 Å². The van der Waals surface area contributed by atoms with Crippen LogP contribution in [0, 0.1) is 11.3 Å². The third-order valence-electron chi connectivity index (χ3n) is 9.86. The normalized spacial score (nSPS) is 18.6. The van der Waals surface area contributed by atoms with Crippen molar-refractivity contribution >= 4 is 28.4 Å². The molecule has 2 aliphatic heterocycles. The molecule has 0 N–H and O–H groups in total. The number of nitrogens with zero attached hydrogens (tertiary/aromatic N) is 7. The minimum atomic E-state index is -0.395. The Bertz CT molecular complexity index is 1800. The third kappa shape index (κ3) is 6.60. The van der Waals surface area contributed by atoms with E-state index in [0.29, 0.717) is 32.2 Å². The van der Waals surface area contributed by atoms with Gasteiger partial charge in [-0.15, -0.1) is 0 Å². The molecule has 48 heavy (non-hydrogen) atoms. The summed E-state index contributed by atoms with van der Waals surface area (Å²) >= 11 is 0. The largest absolute Gasteiger partial charge is 0.455 e.